The molecule has 1 aromatic heterocycles. The highest BCUT2D eigenvalue weighted by Gasteiger charge is 2.31. The molecule has 252 valence electrons. The average molecular weight is 652 g/mol. The number of carboxylic acids is 1. The van der Waals surface area contributed by atoms with E-state index in [9.17, 15) is 34.2 Å². The smallest absolute Gasteiger partial charge is 0.326 e. The fraction of sp³-hybridized carbons (Fsp3) is 0.355. The van der Waals surface area contributed by atoms with Crippen LogP contribution in [0.15, 0.2) is 59.7 Å². The van der Waals surface area contributed by atoms with Crippen molar-refractivity contribution in [2.24, 2.45) is 27.9 Å². The van der Waals surface area contributed by atoms with E-state index in [1.807, 2.05) is 18.2 Å². The first-order valence-corrected chi connectivity index (χ1v) is 14.9. The minimum Gasteiger partial charge on any atom is -0.508 e. The van der Waals surface area contributed by atoms with Crippen molar-refractivity contribution >= 4 is 46.5 Å². The number of H-pyrrole nitrogens is 1. The molecule has 3 rings (SSSR count). The minimum atomic E-state index is -1.38. The number of carboxylic acid groups (broad SMARTS) is 1. The number of benzene rings is 2. The zero-order valence-electron chi connectivity index (χ0n) is 25.6. The third kappa shape index (κ3) is 11.3. The molecule has 0 fully saturated rings. The highest BCUT2D eigenvalue weighted by Crippen LogP contribution is 2.20. The van der Waals surface area contributed by atoms with Gasteiger partial charge in [0.25, 0.3) is 0 Å². The van der Waals surface area contributed by atoms with Crippen molar-refractivity contribution in [1.29, 1.82) is 0 Å². The summed E-state index contributed by atoms with van der Waals surface area (Å²) in [4.78, 5) is 70.8. The molecule has 0 saturated heterocycles. The number of phenols is 1. The molecule has 2 aromatic carbocycles. The number of primary amides is 1. The van der Waals surface area contributed by atoms with Gasteiger partial charge in [0.2, 0.25) is 23.6 Å². The lowest BCUT2D eigenvalue weighted by Crippen LogP contribution is -2.58. The number of fused-ring (bicyclic) bond motifs is 1. The van der Waals surface area contributed by atoms with Crippen LogP contribution < -0.4 is 38.9 Å². The van der Waals surface area contributed by atoms with Gasteiger partial charge in [-0.1, -0.05) is 30.3 Å². The van der Waals surface area contributed by atoms with E-state index in [0.717, 1.165) is 10.9 Å². The Morgan fingerprint density at radius 3 is 2.11 bits per heavy atom. The van der Waals surface area contributed by atoms with Crippen LogP contribution in [-0.2, 0) is 36.8 Å². The fourth-order valence-electron chi connectivity index (χ4n) is 4.83. The summed E-state index contributed by atoms with van der Waals surface area (Å²) in [6, 6.07) is 8.13. The number of carbonyl (C=O) groups excluding carboxylic acids is 4. The molecular weight excluding hydrogens is 610 g/mol. The standard InChI is InChI=1S/C31H41N9O7/c32-21(5-3-13-36-31(34)35)27(43)38-23(11-12-26(33)42)28(44)39-24(15-18-16-37-22-6-2-1-4-20(18)22)29(45)40-25(30(46)47)14-17-7-9-19(41)10-8-17/h1-2,4,6-10,16,21,23-25,37,41H,3,5,11-15,32H2,(H2,33,42)(H,38,43)(H,39,44)(H,40,45)(H,46,47)(H4,34,35,36). The van der Waals surface area contributed by atoms with Gasteiger partial charge >= 0.3 is 5.97 Å². The molecule has 16 heteroatoms. The monoisotopic (exact) mass is 651 g/mol. The van der Waals surface area contributed by atoms with E-state index in [1.165, 1.54) is 24.3 Å². The first kappa shape index (κ1) is 35.8. The Kier molecular flexibility index (Phi) is 13.1. The number of aromatic nitrogens is 1. The van der Waals surface area contributed by atoms with Crippen LogP contribution in [0.2, 0.25) is 0 Å². The number of aromatic amines is 1. The van der Waals surface area contributed by atoms with Crippen molar-refractivity contribution in [2.75, 3.05) is 6.54 Å². The molecule has 16 nitrogen and oxygen atoms in total. The molecule has 0 aliphatic rings. The molecule has 0 aliphatic carbocycles. The van der Waals surface area contributed by atoms with Gasteiger partial charge in [0, 0.05) is 42.9 Å². The largest absolute Gasteiger partial charge is 0.508 e. The lowest BCUT2D eigenvalue weighted by Gasteiger charge is -2.25. The number of carbonyl (C=O) groups is 5. The van der Waals surface area contributed by atoms with Gasteiger partial charge < -0.3 is 54.1 Å². The van der Waals surface area contributed by atoms with Crippen molar-refractivity contribution in [2.45, 2.75) is 62.7 Å². The van der Waals surface area contributed by atoms with Crippen molar-refractivity contribution in [3.63, 3.8) is 0 Å². The minimum absolute atomic E-state index is 0.00366. The van der Waals surface area contributed by atoms with E-state index in [0.29, 0.717) is 17.5 Å². The van der Waals surface area contributed by atoms with Gasteiger partial charge in [-0.25, -0.2) is 4.79 Å². The SMILES string of the molecule is NC(=O)CCC(NC(=O)C(N)CCCN=C(N)N)C(=O)NC(Cc1c[nH]c2ccccc12)C(=O)NC(Cc1ccc(O)cc1)C(=O)O. The van der Waals surface area contributed by atoms with Gasteiger partial charge in [-0.15, -0.1) is 0 Å². The Bertz CT molecular complexity index is 1590. The number of nitrogens with one attached hydrogen (secondary N) is 4. The summed E-state index contributed by atoms with van der Waals surface area (Å²) < 4.78 is 0. The lowest BCUT2D eigenvalue weighted by atomic mass is 10.0. The zero-order valence-corrected chi connectivity index (χ0v) is 25.6. The van der Waals surface area contributed by atoms with Crippen LogP contribution in [0.3, 0.4) is 0 Å². The Morgan fingerprint density at radius 1 is 0.809 bits per heavy atom. The maximum absolute atomic E-state index is 13.7. The summed E-state index contributed by atoms with van der Waals surface area (Å²) >= 11 is 0. The quantitative estimate of drug-likeness (QED) is 0.0447. The second-order valence-corrected chi connectivity index (χ2v) is 11.0. The molecule has 3 aromatic rings. The number of guanidine groups is 1. The number of nitrogens with two attached hydrogens (primary N) is 4. The Labute approximate surface area is 270 Å². The van der Waals surface area contributed by atoms with Crippen molar-refractivity contribution in [1.82, 2.24) is 20.9 Å². The second-order valence-electron chi connectivity index (χ2n) is 11.0. The Morgan fingerprint density at radius 2 is 1.45 bits per heavy atom. The maximum atomic E-state index is 13.7. The molecular formula is C31H41N9O7. The van der Waals surface area contributed by atoms with Gasteiger partial charge in [0.05, 0.1) is 6.04 Å². The number of aliphatic carboxylic acids is 1. The van der Waals surface area contributed by atoms with Crippen molar-refractivity contribution in [3.8, 4) is 5.75 Å². The molecule has 47 heavy (non-hydrogen) atoms. The summed E-state index contributed by atoms with van der Waals surface area (Å²) in [5, 5.41) is 27.9. The van der Waals surface area contributed by atoms with Crippen LogP contribution in [0.1, 0.15) is 36.8 Å². The zero-order chi connectivity index (χ0) is 34.5. The highest BCUT2D eigenvalue weighted by atomic mass is 16.4. The van der Waals surface area contributed by atoms with E-state index in [-0.39, 0.29) is 50.4 Å². The third-order valence-electron chi connectivity index (χ3n) is 7.34. The van der Waals surface area contributed by atoms with Crippen LogP contribution in [0, 0.1) is 0 Å². The van der Waals surface area contributed by atoms with E-state index in [1.54, 1.807) is 12.3 Å². The van der Waals surface area contributed by atoms with Crippen LogP contribution in [0.5, 0.6) is 5.75 Å². The normalized spacial score (nSPS) is 13.5. The number of aromatic hydroxyl groups is 1. The van der Waals surface area contributed by atoms with Gasteiger partial charge in [-0.05, 0) is 48.6 Å². The summed E-state index contributed by atoms with van der Waals surface area (Å²) in [5.74, 6) is -4.43. The molecule has 0 saturated carbocycles. The molecule has 0 spiro atoms. The summed E-state index contributed by atoms with van der Waals surface area (Å²) in [6.45, 7) is 0.240. The van der Waals surface area contributed by atoms with Gasteiger partial charge in [-0.3, -0.25) is 24.2 Å². The van der Waals surface area contributed by atoms with Crippen LogP contribution in [-0.4, -0.2) is 81.5 Å². The number of nitrogens with zero attached hydrogens (tertiary/aromatic N) is 1. The summed E-state index contributed by atoms with van der Waals surface area (Å²) in [7, 11) is 0. The van der Waals surface area contributed by atoms with Gasteiger partial charge in [-0.2, -0.15) is 0 Å². The number of aliphatic imine (C=N–C) groups is 1. The topological polar surface area (TPSA) is 294 Å². The predicted octanol–water partition coefficient (Wildman–Crippen LogP) is -1.16. The maximum Gasteiger partial charge on any atom is 0.326 e. The number of rotatable bonds is 18. The van der Waals surface area contributed by atoms with E-state index < -0.39 is 53.8 Å². The number of para-hydroxylation sites is 1. The number of phenolic OH excluding ortho intramolecular Hbond substituents is 1. The Balaban J connectivity index is 1.83. The first-order chi connectivity index (χ1) is 22.3. The molecule has 1 heterocycles. The third-order valence-corrected chi connectivity index (χ3v) is 7.34. The highest BCUT2D eigenvalue weighted by molar-refractivity contribution is 5.95. The number of hydrogen-bond acceptors (Lipinski definition) is 8. The van der Waals surface area contributed by atoms with Crippen molar-refractivity contribution in [3.05, 3.63) is 65.9 Å². The van der Waals surface area contributed by atoms with E-state index >= 15 is 0 Å². The molecule has 4 amide bonds. The summed E-state index contributed by atoms with van der Waals surface area (Å²) in [5.41, 5.74) is 23.9. The molecule has 4 atom stereocenters. The molecule has 0 radical (unpaired) electrons. The predicted molar refractivity (Wildman–Crippen MR) is 174 cm³/mol. The van der Waals surface area contributed by atoms with Crippen LogP contribution in [0.25, 0.3) is 10.9 Å². The molecule has 0 aliphatic heterocycles. The molecule has 4 unspecified atom stereocenters. The molecule has 14 N–H and O–H groups in total. The summed E-state index contributed by atoms with van der Waals surface area (Å²) in [6.07, 6.45) is 1.65. The first-order valence-electron chi connectivity index (χ1n) is 14.9. The molecule has 0 bridgehead atoms. The fourth-order valence-corrected chi connectivity index (χ4v) is 4.83. The Hall–Kier alpha value is -5.64. The van der Waals surface area contributed by atoms with E-state index in [2.05, 4.69) is 25.9 Å². The van der Waals surface area contributed by atoms with Crippen molar-refractivity contribution < 1.29 is 34.2 Å². The van der Waals surface area contributed by atoms with E-state index in [4.69, 9.17) is 22.9 Å². The number of amides is 4. The number of hydrogen-bond donors (Lipinski definition) is 10. The van der Waals surface area contributed by atoms with Gasteiger partial charge in [0.1, 0.15) is 23.9 Å². The van der Waals surface area contributed by atoms with Gasteiger partial charge in [0.15, 0.2) is 5.96 Å². The lowest BCUT2D eigenvalue weighted by molar-refractivity contribution is -0.142. The second kappa shape index (κ2) is 17.2. The van der Waals surface area contributed by atoms with Crippen LogP contribution >= 0.6 is 0 Å². The average Bonchev–Trinajstić information content (AvgIpc) is 3.43. The van der Waals surface area contributed by atoms with Crippen LogP contribution in [0.4, 0.5) is 0 Å².